The second-order valence-corrected chi connectivity index (χ2v) is 6.70. The molecular formula is C19H33IN4O3. The molecule has 0 fully saturated rings. The number of nitrogens with zero attached hydrogens (tertiary/aromatic N) is 1. The molecule has 8 heteroatoms. The number of carbonyl (C=O) groups is 1. The van der Waals surface area contributed by atoms with E-state index in [0.29, 0.717) is 18.9 Å². The number of amides is 1. The van der Waals surface area contributed by atoms with E-state index in [2.05, 4.69) is 20.9 Å². The van der Waals surface area contributed by atoms with Crippen LogP contribution in [0, 0.1) is 0 Å². The Balaban J connectivity index is 0.00000676. The van der Waals surface area contributed by atoms with Crippen LogP contribution < -0.4 is 16.0 Å². The molecule has 0 atom stereocenters. The highest BCUT2D eigenvalue weighted by molar-refractivity contribution is 14.0. The SMILES string of the molecule is CCOCCNC(=NC)NCCc1ccc(NC(=O)OC(C)(C)C)cc1.I. The van der Waals surface area contributed by atoms with E-state index in [0.717, 1.165) is 31.0 Å². The molecule has 0 radical (unpaired) electrons. The lowest BCUT2D eigenvalue weighted by Gasteiger charge is -2.19. The molecule has 0 spiro atoms. The molecule has 0 saturated heterocycles. The van der Waals surface area contributed by atoms with Gasteiger partial charge in [-0.2, -0.15) is 0 Å². The summed E-state index contributed by atoms with van der Waals surface area (Å²) in [5, 5.41) is 9.18. The van der Waals surface area contributed by atoms with Gasteiger partial charge in [0.1, 0.15) is 5.60 Å². The van der Waals surface area contributed by atoms with E-state index >= 15 is 0 Å². The summed E-state index contributed by atoms with van der Waals surface area (Å²) >= 11 is 0. The third-order valence-electron chi connectivity index (χ3n) is 3.27. The van der Waals surface area contributed by atoms with Crippen molar-refractivity contribution in [2.75, 3.05) is 38.7 Å². The van der Waals surface area contributed by atoms with Gasteiger partial charge in [0.25, 0.3) is 0 Å². The Hall–Kier alpha value is -1.55. The molecule has 1 aromatic carbocycles. The van der Waals surface area contributed by atoms with Crippen molar-refractivity contribution in [3.05, 3.63) is 29.8 Å². The first-order valence-electron chi connectivity index (χ1n) is 8.95. The largest absolute Gasteiger partial charge is 0.444 e. The number of guanidine groups is 1. The number of halogens is 1. The summed E-state index contributed by atoms with van der Waals surface area (Å²) in [7, 11) is 1.74. The van der Waals surface area contributed by atoms with Crippen molar-refractivity contribution in [2.45, 2.75) is 39.7 Å². The van der Waals surface area contributed by atoms with Crippen molar-refractivity contribution < 1.29 is 14.3 Å². The number of rotatable bonds is 8. The topological polar surface area (TPSA) is 84.0 Å². The second-order valence-electron chi connectivity index (χ2n) is 6.70. The van der Waals surface area contributed by atoms with Gasteiger partial charge in [0.2, 0.25) is 0 Å². The lowest BCUT2D eigenvalue weighted by Crippen LogP contribution is -2.39. The zero-order valence-electron chi connectivity index (χ0n) is 16.9. The molecule has 7 nitrogen and oxygen atoms in total. The maximum absolute atomic E-state index is 11.7. The number of aliphatic imine (C=N–C) groups is 1. The normalized spacial score (nSPS) is 11.4. The van der Waals surface area contributed by atoms with Crippen molar-refractivity contribution in [3.8, 4) is 0 Å². The van der Waals surface area contributed by atoms with Crippen LogP contribution in [0.5, 0.6) is 0 Å². The van der Waals surface area contributed by atoms with Gasteiger partial charge in [-0.05, 0) is 51.8 Å². The molecule has 0 heterocycles. The fraction of sp³-hybridized carbons (Fsp3) is 0.579. The molecule has 27 heavy (non-hydrogen) atoms. The first-order chi connectivity index (χ1) is 12.3. The van der Waals surface area contributed by atoms with Crippen LogP contribution in [0.3, 0.4) is 0 Å². The smallest absolute Gasteiger partial charge is 0.412 e. The summed E-state index contributed by atoms with van der Waals surface area (Å²) in [6.07, 6.45) is 0.396. The van der Waals surface area contributed by atoms with Crippen LogP contribution in [-0.2, 0) is 15.9 Å². The summed E-state index contributed by atoms with van der Waals surface area (Å²) in [6, 6.07) is 7.71. The van der Waals surface area contributed by atoms with E-state index in [1.807, 2.05) is 52.0 Å². The Labute approximate surface area is 179 Å². The first-order valence-corrected chi connectivity index (χ1v) is 8.95. The molecule has 0 aliphatic heterocycles. The Morgan fingerprint density at radius 1 is 1.11 bits per heavy atom. The maximum atomic E-state index is 11.7. The van der Waals surface area contributed by atoms with Gasteiger partial charge in [-0.25, -0.2) is 4.79 Å². The molecule has 1 aromatic rings. The lowest BCUT2D eigenvalue weighted by molar-refractivity contribution is 0.0636. The minimum atomic E-state index is -0.509. The predicted molar refractivity (Wildman–Crippen MR) is 121 cm³/mol. The van der Waals surface area contributed by atoms with Crippen LogP contribution in [0.15, 0.2) is 29.3 Å². The molecular weight excluding hydrogens is 459 g/mol. The van der Waals surface area contributed by atoms with Gasteiger partial charge in [-0.15, -0.1) is 24.0 Å². The van der Waals surface area contributed by atoms with Gasteiger partial charge in [-0.1, -0.05) is 12.1 Å². The quantitative estimate of drug-likeness (QED) is 0.224. The van der Waals surface area contributed by atoms with Crippen LogP contribution in [0.2, 0.25) is 0 Å². The van der Waals surface area contributed by atoms with Crippen molar-refractivity contribution in [1.29, 1.82) is 0 Å². The maximum Gasteiger partial charge on any atom is 0.412 e. The van der Waals surface area contributed by atoms with Gasteiger partial charge in [0.05, 0.1) is 6.61 Å². The predicted octanol–water partition coefficient (Wildman–Crippen LogP) is 3.40. The summed E-state index contributed by atoms with van der Waals surface area (Å²) < 4.78 is 10.5. The molecule has 3 N–H and O–H groups in total. The fourth-order valence-corrected chi connectivity index (χ4v) is 2.11. The van der Waals surface area contributed by atoms with E-state index in [-0.39, 0.29) is 24.0 Å². The molecule has 0 unspecified atom stereocenters. The molecule has 1 amide bonds. The van der Waals surface area contributed by atoms with Crippen molar-refractivity contribution in [1.82, 2.24) is 10.6 Å². The monoisotopic (exact) mass is 492 g/mol. The third kappa shape index (κ3) is 12.5. The summed E-state index contributed by atoms with van der Waals surface area (Å²) in [5.41, 5.74) is 1.37. The van der Waals surface area contributed by atoms with Crippen LogP contribution in [-0.4, -0.2) is 51.0 Å². The van der Waals surface area contributed by atoms with E-state index in [4.69, 9.17) is 9.47 Å². The Morgan fingerprint density at radius 2 is 1.74 bits per heavy atom. The van der Waals surface area contributed by atoms with Crippen LogP contribution >= 0.6 is 24.0 Å². The van der Waals surface area contributed by atoms with E-state index < -0.39 is 11.7 Å². The minimum absolute atomic E-state index is 0. The number of hydrogen-bond acceptors (Lipinski definition) is 4. The number of carbonyl (C=O) groups excluding carboxylic acids is 1. The van der Waals surface area contributed by atoms with E-state index in [9.17, 15) is 4.79 Å². The van der Waals surface area contributed by atoms with Gasteiger partial charge in [0, 0.05) is 32.4 Å². The standard InChI is InChI=1S/C19H32N4O3.HI/c1-6-25-14-13-22-17(20-5)21-12-11-15-7-9-16(10-8-15)23-18(24)26-19(2,3)4;/h7-10H,6,11-14H2,1-5H3,(H,23,24)(H2,20,21,22);1H. The second kappa shape index (κ2) is 13.6. The van der Waals surface area contributed by atoms with Crippen molar-refractivity contribution >= 4 is 41.7 Å². The zero-order valence-corrected chi connectivity index (χ0v) is 19.3. The number of nitrogens with one attached hydrogen (secondary N) is 3. The van der Waals surface area contributed by atoms with E-state index in [1.54, 1.807) is 7.05 Å². The van der Waals surface area contributed by atoms with Gasteiger partial charge >= 0.3 is 6.09 Å². The molecule has 1 rings (SSSR count). The van der Waals surface area contributed by atoms with Crippen molar-refractivity contribution in [2.24, 2.45) is 4.99 Å². The molecule has 0 bridgehead atoms. The highest BCUT2D eigenvalue weighted by atomic mass is 127. The molecule has 0 aromatic heterocycles. The number of anilines is 1. The third-order valence-corrected chi connectivity index (χ3v) is 3.27. The van der Waals surface area contributed by atoms with Gasteiger partial charge in [0.15, 0.2) is 5.96 Å². The number of hydrogen-bond donors (Lipinski definition) is 3. The van der Waals surface area contributed by atoms with Gasteiger partial charge < -0.3 is 20.1 Å². The Bertz CT molecular complexity index is 571. The molecule has 0 aliphatic rings. The van der Waals surface area contributed by atoms with Gasteiger partial charge in [-0.3, -0.25) is 10.3 Å². The Kier molecular flexibility index (Phi) is 12.8. The summed E-state index contributed by atoms with van der Waals surface area (Å²) in [5.74, 6) is 0.757. The molecule has 154 valence electrons. The summed E-state index contributed by atoms with van der Waals surface area (Å²) in [4.78, 5) is 15.9. The molecule has 0 saturated carbocycles. The summed E-state index contributed by atoms with van der Waals surface area (Å²) in [6.45, 7) is 10.3. The molecule has 0 aliphatic carbocycles. The van der Waals surface area contributed by atoms with Crippen LogP contribution in [0.25, 0.3) is 0 Å². The Morgan fingerprint density at radius 3 is 2.30 bits per heavy atom. The average molecular weight is 492 g/mol. The average Bonchev–Trinajstić information content (AvgIpc) is 2.57. The van der Waals surface area contributed by atoms with E-state index in [1.165, 1.54) is 0 Å². The highest BCUT2D eigenvalue weighted by Crippen LogP contribution is 2.13. The number of benzene rings is 1. The van der Waals surface area contributed by atoms with Crippen molar-refractivity contribution in [3.63, 3.8) is 0 Å². The number of ether oxygens (including phenoxy) is 2. The highest BCUT2D eigenvalue weighted by Gasteiger charge is 2.16. The van der Waals surface area contributed by atoms with Crippen LogP contribution in [0.4, 0.5) is 10.5 Å². The lowest BCUT2D eigenvalue weighted by atomic mass is 10.1. The minimum Gasteiger partial charge on any atom is -0.444 e. The zero-order chi connectivity index (χ0) is 19.4. The fourth-order valence-electron chi connectivity index (χ4n) is 2.11. The van der Waals surface area contributed by atoms with Crippen LogP contribution in [0.1, 0.15) is 33.3 Å². The first kappa shape index (κ1) is 25.4.